The molecule has 0 spiro atoms. The smallest absolute Gasteiger partial charge is 0.243 e. The van der Waals surface area contributed by atoms with E-state index in [0.717, 1.165) is 32.1 Å². The SMILES string of the molecule is C[C@H]1CCC[C@H](C)N1S(=O)(=O)c1ccc(NC(=O)CNC2CCCCC2)cc1. The zero-order valence-corrected chi connectivity index (χ0v) is 17.8. The molecule has 1 saturated heterocycles. The standard InChI is InChI=1S/C21H33N3O3S/c1-16-7-6-8-17(2)24(16)28(26,27)20-13-11-19(12-14-20)23-21(25)15-22-18-9-4-3-5-10-18/h11-14,16-18,22H,3-10,15H2,1-2H3,(H,23,25)/t16-,17-/m0/s1. The lowest BCUT2D eigenvalue weighted by Crippen LogP contribution is -2.47. The quantitative estimate of drug-likeness (QED) is 0.756. The minimum absolute atomic E-state index is 0.0130. The third-order valence-corrected chi connectivity index (χ3v) is 8.13. The number of rotatable bonds is 6. The third kappa shape index (κ3) is 5.13. The molecule has 28 heavy (non-hydrogen) atoms. The van der Waals surface area contributed by atoms with Crippen molar-refractivity contribution >= 4 is 21.6 Å². The van der Waals surface area contributed by atoms with Gasteiger partial charge in [0.2, 0.25) is 15.9 Å². The Labute approximate surface area is 169 Å². The van der Waals surface area contributed by atoms with Crippen LogP contribution in [-0.2, 0) is 14.8 Å². The number of carbonyl (C=O) groups is 1. The van der Waals surface area contributed by atoms with Crippen molar-refractivity contribution in [2.45, 2.75) is 88.2 Å². The van der Waals surface area contributed by atoms with Crippen molar-refractivity contribution in [1.29, 1.82) is 0 Å². The van der Waals surface area contributed by atoms with Gasteiger partial charge in [-0.3, -0.25) is 4.79 Å². The molecule has 2 fully saturated rings. The largest absolute Gasteiger partial charge is 0.325 e. The van der Waals surface area contributed by atoms with E-state index in [-0.39, 0.29) is 29.4 Å². The maximum absolute atomic E-state index is 13.0. The summed E-state index contributed by atoms with van der Waals surface area (Å²) in [6, 6.07) is 6.98. The molecule has 0 bridgehead atoms. The molecule has 156 valence electrons. The van der Waals surface area contributed by atoms with E-state index in [0.29, 0.717) is 11.7 Å². The van der Waals surface area contributed by atoms with Gasteiger partial charge in [-0.25, -0.2) is 8.42 Å². The van der Waals surface area contributed by atoms with Gasteiger partial charge in [0.05, 0.1) is 11.4 Å². The van der Waals surface area contributed by atoms with Crippen LogP contribution in [0.4, 0.5) is 5.69 Å². The second kappa shape index (κ2) is 9.37. The average molecular weight is 408 g/mol. The fourth-order valence-corrected chi connectivity index (χ4v) is 6.33. The molecule has 0 aromatic heterocycles. The number of amides is 1. The number of hydrogen-bond acceptors (Lipinski definition) is 4. The Morgan fingerprint density at radius 2 is 1.57 bits per heavy atom. The Balaban J connectivity index is 1.58. The summed E-state index contributed by atoms with van der Waals surface area (Å²) in [6.45, 7) is 4.23. The summed E-state index contributed by atoms with van der Waals surface area (Å²) in [5.74, 6) is -0.0977. The molecule has 3 rings (SSSR count). The van der Waals surface area contributed by atoms with Gasteiger partial charge in [0.1, 0.15) is 0 Å². The minimum Gasteiger partial charge on any atom is -0.325 e. The molecular formula is C21H33N3O3S. The highest BCUT2D eigenvalue weighted by Crippen LogP contribution is 2.29. The number of sulfonamides is 1. The van der Waals surface area contributed by atoms with Crippen LogP contribution in [0.5, 0.6) is 0 Å². The van der Waals surface area contributed by atoms with Crippen LogP contribution in [-0.4, -0.2) is 43.3 Å². The fourth-order valence-electron chi connectivity index (χ4n) is 4.45. The van der Waals surface area contributed by atoms with Crippen molar-refractivity contribution in [3.63, 3.8) is 0 Å². The zero-order valence-electron chi connectivity index (χ0n) is 17.0. The number of nitrogens with zero attached hydrogens (tertiary/aromatic N) is 1. The Hall–Kier alpha value is -1.44. The van der Waals surface area contributed by atoms with Gasteiger partial charge in [-0.2, -0.15) is 4.31 Å². The second-order valence-electron chi connectivity index (χ2n) is 8.25. The maximum Gasteiger partial charge on any atom is 0.243 e. The number of benzene rings is 1. The van der Waals surface area contributed by atoms with Crippen molar-refractivity contribution in [2.24, 2.45) is 0 Å². The maximum atomic E-state index is 13.0. The predicted molar refractivity (Wildman–Crippen MR) is 112 cm³/mol. The van der Waals surface area contributed by atoms with E-state index in [9.17, 15) is 13.2 Å². The van der Waals surface area contributed by atoms with Crippen LogP contribution < -0.4 is 10.6 Å². The lowest BCUT2D eigenvalue weighted by molar-refractivity contribution is -0.115. The van der Waals surface area contributed by atoms with Gasteiger partial charge in [-0.15, -0.1) is 0 Å². The van der Waals surface area contributed by atoms with E-state index < -0.39 is 10.0 Å². The van der Waals surface area contributed by atoms with Crippen LogP contribution in [0.15, 0.2) is 29.2 Å². The topological polar surface area (TPSA) is 78.5 Å². The molecule has 2 aliphatic rings. The van der Waals surface area contributed by atoms with E-state index in [1.165, 1.54) is 19.3 Å². The van der Waals surface area contributed by atoms with Crippen molar-refractivity contribution in [2.75, 3.05) is 11.9 Å². The summed E-state index contributed by atoms with van der Waals surface area (Å²) in [5, 5.41) is 6.16. The molecule has 0 unspecified atom stereocenters. The molecule has 1 saturated carbocycles. The lowest BCUT2D eigenvalue weighted by Gasteiger charge is -2.37. The third-order valence-electron chi connectivity index (χ3n) is 5.98. The molecule has 1 aliphatic carbocycles. The number of hydrogen-bond donors (Lipinski definition) is 2. The van der Waals surface area contributed by atoms with E-state index in [4.69, 9.17) is 0 Å². The summed E-state index contributed by atoms with van der Waals surface area (Å²) >= 11 is 0. The Kier molecular flexibility index (Phi) is 7.12. The summed E-state index contributed by atoms with van der Waals surface area (Å²) in [5.41, 5.74) is 0.620. The Bertz CT molecular complexity index is 748. The summed E-state index contributed by atoms with van der Waals surface area (Å²) < 4.78 is 27.7. The van der Waals surface area contributed by atoms with Gasteiger partial charge in [0, 0.05) is 23.8 Å². The van der Waals surface area contributed by atoms with Crippen LogP contribution >= 0.6 is 0 Å². The molecule has 2 atom stereocenters. The Morgan fingerprint density at radius 3 is 2.18 bits per heavy atom. The number of piperidine rings is 1. The van der Waals surface area contributed by atoms with Gasteiger partial charge in [-0.05, 0) is 63.8 Å². The van der Waals surface area contributed by atoms with Gasteiger partial charge in [0.15, 0.2) is 0 Å². The molecule has 1 heterocycles. The highest BCUT2D eigenvalue weighted by molar-refractivity contribution is 7.89. The van der Waals surface area contributed by atoms with Crippen molar-refractivity contribution in [1.82, 2.24) is 9.62 Å². The van der Waals surface area contributed by atoms with Crippen molar-refractivity contribution in [3.05, 3.63) is 24.3 Å². The van der Waals surface area contributed by atoms with E-state index >= 15 is 0 Å². The molecule has 1 aromatic rings. The molecule has 1 amide bonds. The lowest BCUT2D eigenvalue weighted by atomic mass is 9.95. The zero-order chi connectivity index (χ0) is 20.1. The first-order valence-electron chi connectivity index (χ1n) is 10.5. The van der Waals surface area contributed by atoms with Gasteiger partial charge in [-0.1, -0.05) is 25.7 Å². The van der Waals surface area contributed by atoms with Crippen molar-refractivity contribution in [3.8, 4) is 0 Å². The molecule has 7 heteroatoms. The van der Waals surface area contributed by atoms with Gasteiger partial charge >= 0.3 is 0 Å². The fraction of sp³-hybridized carbons (Fsp3) is 0.667. The molecule has 6 nitrogen and oxygen atoms in total. The molecule has 1 aliphatic heterocycles. The van der Waals surface area contributed by atoms with E-state index in [1.54, 1.807) is 28.6 Å². The van der Waals surface area contributed by atoms with Crippen LogP contribution in [0.25, 0.3) is 0 Å². The van der Waals surface area contributed by atoms with Crippen molar-refractivity contribution < 1.29 is 13.2 Å². The first-order valence-corrected chi connectivity index (χ1v) is 12.0. The number of anilines is 1. The van der Waals surface area contributed by atoms with Gasteiger partial charge in [0.25, 0.3) is 0 Å². The minimum atomic E-state index is -3.52. The summed E-state index contributed by atoms with van der Waals surface area (Å²) in [4.78, 5) is 12.5. The second-order valence-corrected chi connectivity index (χ2v) is 10.1. The number of carbonyl (C=O) groups excluding carboxylic acids is 1. The molecule has 1 aromatic carbocycles. The number of nitrogens with one attached hydrogen (secondary N) is 2. The van der Waals surface area contributed by atoms with Crippen LogP contribution in [0, 0.1) is 0 Å². The predicted octanol–water partition coefficient (Wildman–Crippen LogP) is 3.50. The van der Waals surface area contributed by atoms with Crippen LogP contribution in [0.3, 0.4) is 0 Å². The Morgan fingerprint density at radius 1 is 0.964 bits per heavy atom. The molecule has 0 radical (unpaired) electrons. The van der Waals surface area contributed by atoms with Gasteiger partial charge < -0.3 is 10.6 Å². The first kappa shape index (κ1) is 21.3. The normalized spacial score (nSPS) is 24.8. The van der Waals surface area contributed by atoms with E-state index in [2.05, 4.69) is 10.6 Å². The summed E-state index contributed by atoms with van der Waals surface area (Å²) in [7, 11) is -3.52. The van der Waals surface area contributed by atoms with Crippen LogP contribution in [0.2, 0.25) is 0 Å². The van der Waals surface area contributed by atoms with Crippen LogP contribution in [0.1, 0.15) is 65.2 Å². The summed E-state index contributed by atoms with van der Waals surface area (Å²) in [6.07, 6.45) is 8.85. The highest BCUT2D eigenvalue weighted by atomic mass is 32.2. The molecule has 2 N–H and O–H groups in total. The first-order chi connectivity index (χ1) is 13.4. The highest BCUT2D eigenvalue weighted by Gasteiger charge is 2.35. The average Bonchev–Trinajstić information content (AvgIpc) is 2.67. The van der Waals surface area contributed by atoms with E-state index in [1.807, 2.05) is 13.8 Å². The molecular weight excluding hydrogens is 374 g/mol. The monoisotopic (exact) mass is 407 g/mol.